The summed E-state index contributed by atoms with van der Waals surface area (Å²) >= 11 is 0. The SMILES string of the molecule is O=[N+]([O-])c1cnc(-c2ccccn2)[nH]1. The zero-order valence-electron chi connectivity index (χ0n) is 7.04. The molecule has 0 aliphatic heterocycles. The zero-order chi connectivity index (χ0) is 9.97. The van der Waals surface area contributed by atoms with Crippen LogP contribution in [0.25, 0.3) is 11.5 Å². The van der Waals surface area contributed by atoms with Gasteiger partial charge in [0.25, 0.3) is 0 Å². The number of aromatic amines is 1. The Bertz CT molecular complexity index is 451. The molecule has 0 aliphatic rings. The number of hydrogen-bond donors (Lipinski definition) is 1. The molecule has 0 unspecified atom stereocenters. The van der Waals surface area contributed by atoms with E-state index >= 15 is 0 Å². The Morgan fingerprint density at radius 2 is 2.21 bits per heavy atom. The van der Waals surface area contributed by atoms with Gasteiger partial charge in [0.15, 0.2) is 0 Å². The highest BCUT2D eigenvalue weighted by atomic mass is 16.6. The molecule has 70 valence electrons. The van der Waals surface area contributed by atoms with Crippen molar-refractivity contribution < 1.29 is 4.92 Å². The maximum absolute atomic E-state index is 10.4. The van der Waals surface area contributed by atoms with Gasteiger partial charge in [0, 0.05) is 6.20 Å². The molecule has 0 spiro atoms. The maximum atomic E-state index is 10.4. The molecule has 0 saturated heterocycles. The fourth-order valence-electron chi connectivity index (χ4n) is 1.04. The summed E-state index contributed by atoms with van der Waals surface area (Å²) in [5.41, 5.74) is 0.584. The van der Waals surface area contributed by atoms with Crippen LogP contribution < -0.4 is 0 Å². The van der Waals surface area contributed by atoms with Crippen LogP contribution in [0.5, 0.6) is 0 Å². The number of nitrogens with zero attached hydrogens (tertiary/aromatic N) is 3. The van der Waals surface area contributed by atoms with Crippen molar-refractivity contribution in [2.24, 2.45) is 0 Å². The average molecular weight is 190 g/mol. The lowest BCUT2D eigenvalue weighted by atomic mass is 10.3. The van der Waals surface area contributed by atoms with Gasteiger partial charge in [-0.2, -0.15) is 0 Å². The first-order valence-corrected chi connectivity index (χ1v) is 3.88. The summed E-state index contributed by atoms with van der Waals surface area (Å²) in [5, 5.41) is 10.4. The highest BCUT2D eigenvalue weighted by molar-refractivity contribution is 5.50. The van der Waals surface area contributed by atoms with Gasteiger partial charge in [-0.25, -0.2) is 9.97 Å². The van der Waals surface area contributed by atoms with Gasteiger partial charge in [0.05, 0.1) is 0 Å². The van der Waals surface area contributed by atoms with Crippen LogP contribution in [-0.2, 0) is 0 Å². The quantitative estimate of drug-likeness (QED) is 0.572. The van der Waals surface area contributed by atoms with Crippen LogP contribution in [-0.4, -0.2) is 19.9 Å². The molecule has 6 nitrogen and oxygen atoms in total. The van der Waals surface area contributed by atoms with Crippen molar-refractivity contribution in [1.29, 1.82) is 0 Å². The molecule has 2 aromatic heterocycles. The number of nitro groups is 1. The molecule has 0 atom stereocenters. The molecule has 2 aromatic rings. The molecule has 0 aliphatic carbocycles. The first-order chi connectivity index (χ1) is 6.77. The Morgan fingerprint density at radius 3 is 2.79 bits per heavy atom. The van der Waals surface area contributed by atoms with Crippen LogP contribution in [0.3, 0.4) is 0 Å². The van der Waals surface area contributed by atoms with Gasteiger partial charge < -0.3 is 10.1 Å². The molecule has 6 heteroatoms. The van der Waals surface area contributed by atoms with Crippen molar-refractivity contribution in [3.63, 3.8) is 0 Å². The van der Waals surface area contributed by atoms with Crippen molar-refractivity contribution in [1.82, 2.24) is 15.0 Å². The summed E-state index contributed by atoms with van der Waals surface area (Å²) in [6.07, 6.45) is 2.77. The number of imidazole rings is 1. The van der Waals surface area contributed by atoms with E-state index in [4.69, 9.17) is 0 Å². The van der Waals surface area contributed by atoms with E-state index in [-0.39, 0.29) is 5.82 Å². The standard InChI is InChI=1S/C8H6N4O2/c13-12(14)7-5-10-8(11-7)6-3-1-2-4-9-6/h1-5H,(H,10,11). The molecule has 0 bridgehead atoms. The van der Waals surface area contributed by atoms with Crippen LogP contribution in [0.2, 0.25) is 0 Å². The minimum absolute atomic E-state index is 0.134. The van der Waals surface area contributed by atoms with Crippen LogP contribution in [0, 0.1) is 10.1 Å². The Morgan fingerprint density at radius 1 is 1.36 bits per heavy atom. The Kier molecular flexibility index (Phi) is 1.94. The van der Waals surface area contributed by atoms with Crippen molar-refractivity contribution in [3.05, 3.63) is 40.7 Å². The summed E-state index contributed by atoms with van der Waals surface area (Å²) < 4.78 is 0. The van der Waals surface area contributed by atoms with E-state index in [1.54, 1.807) is 24.4 Å². The molecule has 0 fully saturated rings. The number of hydrogen-bond acceptors (Lipinski definition) is 4. The molecule has 2 rings (SSSR count). The van der Waals surface area contributed by atoms with Gasteiger partial charge in [-0.3, -0.25) is 4.98 Å². The second-order valence-electron chi connectivity index (χ2n) is 2.59. The predicted octanol–water partition coefficient (Wildman–Crippen LogP) is 1.38. The molecule has 0 saturated carbocycles. The molecule has 0 amide bonds. The number of nitrogens with one attached hydrogen (secondary N) is 1. The third-order valence-corrected chi connectivity index (χ3v) is 1.67. The van der Waals surface area contributed by atoms with Crippen molar-refractivity contribution in [2.45, 2.75) is 0 Å². The Labute approximate surface area is 78.8 Å². The van der Waals surface area contributed by atoms with E-state index in [9.17, 15) is 10.1 Å². The summed E-state index contributed by atoms with van der Waals surface area (Å²) in [6, 6.07) is 5.28. The molecule has 1 N–H and O–H groups in total. The van der Waals surface area contributed by atoms with Crippen molar-refractivity contribution in [2.75, 3.05) is 0 Å². The Hall–Kier alpha value is -2.24. The van der Waals surface area contributed by atoms with E-state index in [1.165, 1.54) is 6.20 Å². The molecule has 0 aromatic carbocycles. The largest absolute Gasteiger partial charge is 0.358 e. The van der Waals surface area contributed by atoms with Crippen LogP contribution in [0.1, 0.15) is 0 Å². The van der Waals surface area contributed by atoms with Gasteiger partial charge >= 0.3 is 5.82 Å². The van der Waals surface area contributed by atoms with Crippen LogP contribution in [0.4, 0.5) is 5.82 Å². The highest BCUT2D eigenvalue weighted by Crippen LogP contribution is 2.15. The maximum Gasteiger partial charge on any atom is 0.340 e. The second-order valence-corrected chi connectivity index (χ2v) is 2.59. The summed E-state index contributed by atoms with van der Waals surface area (Å²) in [6.45, 7) is 0. The number of rotatable bonds is 2. The van der Waals surface area contributed by atoms with Crippen molar-refractivity contribution >= 4 is 5.82 Å². The van der Waals surface area contributed by atoms with E-state index in [2.05, 4.69) is 15.0 Å². The first kappa shape index (κ1) is 8.36. The van der Waals surface area contributed by atoms with E-state index in [0.29, 0.717) is 11.5 Å². The fourth-order valence-corrected chi connectivity index (χ4v) is 1.04. The fraction of sp³-hybridized carbons (Fsp3) is 0. The van der Waals surface area contributed by atoms with Crippen LogP contribution >= 0.6 is 0 Å². The minimum Gasteiger partial charge on any atom is -0.358 e. The van der Waals surface area contributed by atoms with Gasteiger partial charge in [0.1, 0.15) is 11.9 Å². The van der Waals surface area contributed by atoms with Gasteiger partial charge in [-0.15, -0.1) is 0 Å². The van der Waals surface area contributed by atoms with E-state index < -0.39 is 4.92 Å². The van der Waals surface area contributed by atoms with Gasteiger partial charge in [0.2, 0.25) is 5.82 Å². The lowest BCUT2D eigenvalue weighted by Gasteiger charge is -1.89. The first-order valence-electron chi connectivity index (χ1n) is 3.88. The summed E-state index contributed by atoms with van der Waals surface area (Å²) in [5.74, 6) is 0.267. The lowest BCUT2D eigenvalue weighted by Crippen LogP contribution is -1.88. The van der Waals surface area contributed by atoms with Gasteiger partial charge in [-0.05, 0) is 17.1 Å². The molecule has 0 radical (unpaired) electrons. The second kappa shape index (κ2) is 3.25. The third kappa shape index (κ3) is 1.45. The van der Waals surface area contributed by atoms with Gasteiger partial charge in [-0.1, -0.05) is 6.07 Å². The summed E-state index contributed by atoms with van der Waals surface area (Å²) in [4.78, 5) is 20.2. The smallest absolute Gasteiger partial charge is 0.340 e. The Balaban J connectivity index is 2.39. The summed E-state index contributed by atoms with van der Waals surface area (Å²) in [7, 11) is 0. The zero-order valence-corrected chi connectivity index (χ0v) is 7.04. The third-order valence-electron chi connectivity index (χ3n) is 1.67. The number of pyridine rings is 1. The van der Waals surface area contributed by atoms with E-state index in [0.717, 1.165) is 0 Å². The minimum atomic E-state index is -0.528. The molecular formula is C8H6N4O2. The molecule has 2 heterocycles. The van der Waals surface area contributed by atoms with Crippen LogP contribution in [0.15, 0.2) is 30.6 Å². The average Bonchev–Trinajstić information content (AvgIpc) is 2.68. The number of aromatic nitrogens is 3. The highest BCUT2D eigenvalue weighted by Gasteiger charge is 2.11. The van der Waals surface area contributed by atoms with Crippen molar-refractivity contribution in [3.8, 4) is 11.5 Å². The predicted molar refractivity (Wildman–Crippen MR) is 48.5 cm³/mol. The molecular weight excluding hydrogens is 184 g/mol. The normalized spacial score (nSPS) is 10.0. The van der Waals surface area contributed by atoms with E-state index in [1.807, 2.05) is 0 Å². The number of H-pyrrole nitrogens is 1. The molecule has 14 heavy (non-hydrogen) atoms. The lowest BCUT2D eigenvalue weighted by molar-refractivity contribution is -0.389. The topological polar surface area (TPSA) is 84.7 Å². The monoisotopic (exact) mass is 190 g/mol.